The maximum Gasteiger partial charge on any atom is 0.478 e. The topological polar surface area (TPSA) is 71.8 Å². The molecule has 0 N–H and O–H groups in total. The zero-order valence-electron chi connectivity index (χ0n) is 15.8. The number of esters is 1. The average Bonchev–Trinajstić information content (AvgIpc) is 2.95. The van der Waals surface area contributed by atoms with Crippen molar-refractivity contribution in [3.63, 3.8) is 0 Å². The predicted molar refractivity (Wildman–Crippen MR) is 98.3 cm³/mol. The van der Waals surface area contributed by atoms with Gasteiger partial charge in [-0.05, 0) is 26.0 Å². The Hall–Kier alpha value is -2.06. The summed E-state index contributed by atoms with van der Waals surface area (Å²) >= 11 is 0. The highest BCUT2D eigenvalue weighted by Gasteiger charge is 2.34. The van der Waals surface area contributed by atoms with Crippen LogP contribution in [0, 0.1) is 5.41 Å². The molecule has 0 saturated carbocycles. The molecule has 0 unspecified atom stereocenters. The average molecular weight is 360 g/mol. The third kappa shape index (κ3) is 3.86. The lowest BCUT2D eigenvalue weighted by molar-refractivity contribution is 0.0254. The summed E-state index contributed by atoms with van der Waals surface area (Å²) in [6.07, 6.45) is 0.387. The van der Waals surface area contributed by atoms with E-state index in [4.69, 9.17) is 18.8 Å². The number of rotatable bonds is 6. The van der Waals surface area contributed by atoms with E-state index in [-0.39, 0.29) is 11.4 Å². The predicted octanol–water partition coefficient (Wildman–Crippen LogP) is 2.71. The van der Waals surface area contributed by atoms with Crippen molar-refractivity contribution in [3.05, 3.63) is 23.8 Å². The number of aromatic nitrogens is 2. The van der Waals surface area contributed by atoms with Crippen LogP contribution in [0.5, 0.6) is 6.01 Å². The fraction of sp³-hybridized carbons (Fsp3) is 0.556. The SMILES string of the molecule is CCOC(=O)c1cccc2nc(OCC)n(CB3OCC(C)(C)CO3)c12. The molecule has 2 heterocycles. The zero-order chi connectivity index (χ0) is 18.7. The molecule has 1 saturated heterocycles. The van der Waals surface area contributed by atoms with Gasteiger partial charge >= 0.3 is 13.1 Å². The molecule has 1 aliphatic rings. The normalized spacial score (nSPS) is 16.7. The van der Waals surface area contributed by atoms with Crippen LogP contribution < -0.4 is 4.74 Å². The Kier molecular flexibility index (Phi) is 5.53. The summed E-state index contributed by atoms with van der Waals surface area (Å²) < 4.78 is 24.4. The molecule has 0 atom stereocenters. The van der Waals surface area contributed by atoms with Crippen molar-refractivity contribution in [1.29, 1.82) is 0 Å². The molecular weight excluding hydrogens is 335 g/mol. The summed E-state index contributed by atoms with van der Waals surface area (Å²) in [4.78, 5) is 16.9. The van der Waals surface area contributed by atoms with Crippen molar-refractivity contribution in [2.75, 3.05) is 26.4 Å². The van der Waals surface area contributed by atoms with E-state index in [2.05, 4.69) is 18.8 Å². The van der Waals surface area contributed by atoms with Gasteiger partial charge in [0.05, 0.1) is 36.3 Å². The van der Waals surface area contributed by atoms with E-state index in [0.29, 0.717) is 55.5 Å². The van der Waals surface area contributed by atoms with Crippen LogP contribution >= 0.6 is 0 Å². The highest BCUT2D eigenvalue weighted by atomic mass is 16.6. The molecule has 8 heteroatoms. The quantitative estimate of drug-likeness (QED) is 0.583. The maximum atomic E-state index is 12.4. The fourth-order valence-corrected chi connectivity index (χ4v) is 2.93. The number of nitrogens with zero attached hydrogens (tertiary/aromatic N) is 2. The highest BCUT2D eigenvalue weighted by molar-refractivity contribution is 6.43. The van der Waals surface area contributed by atoms with Gasteiger partial charge in [-0.1, -0.05) is 19.9 Å². The monoisotopic (exact) mass is 360 g/mol. The van der Waals surface area contributed by atoms with Gasteiger partial charge in [0.25, 0.3) is 6.01 Å². The highest BCUT2D eigenvalue weighted by Crippen LogP contribution is 2.28. The molecule has 26 heavy (non-hydrogen) atoms. The lowest BCUT2D eigenvalue weighted by atomic mass is 9.83. The maximum absolute atomic E-state index is 12.4. The molecule has 0 bridgehead atoms. The second-order valence-corrected chi connectivity index (χ2v) is 7.05. The van der Waals surface area contributed by atoms with Crippen molar-refractivity contribution in [2.45, 2.75) is 34.1 Å². The molecule has 1 fully saturated rings. The second kappa shape index (κ2) is 7.67. The molecule has 7 nitrogen and oxygen atoms in total. The number of carbonyl (C=O) groups is 1. The number of benzene rings is 1. The molecule has 1 aromatic heterocycles. The van der Waals surface area contributed by atoms with E-state index >= 15 is 0 Å². The van der Waals surface area contributed by atoms with Gasteiger partial charge in [-0.15, -0.1) is 0 Å². The Morgan fingerprint density at radius 2 is 2.00 bits per heavy atom. The molecule has 0 spiro atoms. The van der Waals surface area contributed by atoms with Gasteiger partial charge in [0.1, 0.15) is 0 Å². The van der Waals surface area contributed by atoms with E-state index < -0.39 is 7.12 Å². The summed E-state index contributed by atoms with van der Waals surface area (Å²) in [6, 6.07) is 5.82. The van der Waals surface area contributed by atoms with Crippen molar-refractivity contribution >= 4 is 24.1 Å². The Morgan fingerprint density at radius 3 is 2.65 bits per heavy atom. The lowest BCUT2D eigenvalue weighted by Gasteiger charge is -2.33. The van der Waals surface area contributed by atoms with Gasteiger partial charge in [-0.3, -0.25) is 4.57 Å². The van der Waals surface area contributed by atoms with Crippen LogP contribution in [0.25, 0.3) is 11.0 Å². The summed E-state index contributed by atoms with van der Waals surface area (Å²) in [6.45, 7) is 9.88. The van der Waals surface area contributed by atoms with E-state index in [0.717, 1.165) is 0 Å². The fourth-order valence-electron chi connectivity index (χ4n) is 2.93. The number of para-hydroxylation sites is 1. The van der Waals surface area contributed by atoms with Crippen molar-refractivity contribution in [1.82, 2.24) is 9.55 Å². The van der Waals surface area contributed by atoms with Gasteiger partial charge in [-0.25, -0.2) is 4.79 Å². The van der Waals surface area contributed by atoms with Crippen LogP contribution in [0.4, 0.5) is 0 Å². The number of imidazole rings is 1. The van der Waals surface area contributed by atoms with Crippen LogP contribution in [0.3, 0.4) is 0 Å². The van der Waals surface area contributed by atoms with Crippen LogP contribution in [0.15, 0.2) is 18.2 Å². The van der Waals surface area contributed by atoms with Gasteiger partial charge in [-0.2, -0.15) is 4.98 Å². The van der Waals surface area contributed by atoms with Gasteiger partial charge in [0.15, 0.2) is 0 Å². The summed E-state index contributed by atoms with van der Waals surface area (Å²) in [5, 5.41) is 0. The van der Waals surface area contributed by atoms with Crippen molar-refractivity contribution < 1.29 is 23.6 Å². The standard InChI is InChI=1S/C18H25BN2O5/c1-5-23-16(22)13-8-7-9-14-15(13)21(17(20-14)24-6-2)12-19-25-10-18(3,4)11-26-19/h7-9H,5-6,10-12H2,1-4H3. The minimum absolute atomic E-state index is 0.00759. The van der Waals surface area contributed by atoms with Crippen LogP contribution in [0.2, 0.25) is 0 Å². The van der Waals surface area contributed by atoms with E-state index in [1.807, 2.05) is 17.6 Å². The largest absolute Gasteiger partial charge is 0.478 e. The Labute approximate surface area is 153 Å². The number of carbonyl (C=O) groups excluding carboxylic acids is 1. The number of hydrogen-bond acceptors (Lipinski definition) is 6. The third-order valence-corrected chi connectivity index (χ3v) is 4.15. The third-order valence-electron chi connectivity index (χ3n) is 4.15. The summed E-state index contributed by atoms with van der Waals surface area (Å²) in [5.74, 6) is -0.381. The molecule has 1 aromatic carbocycles. The van der Waals surface area contributed by atoms with E-state index in [9.17, 15) is 4.79 Å². The number of fused-ring (bicyclic) bond motifs is 1. The minimum atomic E-state index is -0.421. The van der Waals surface area contributed by atoms with E-state index in [1.54, 1.807) is 19.1 Å². The minimum Gasteiger partial charge on any atom is -0.465 e. The zero-order valence-corrected chi connectivity index (χ0v) is 15.8. The van der Waals surface area contributed by atoms with Crippen molar-refractivity contribution in [3.8, 4) is 6.01 Å². The van der Waals surface area contributed by atoms with E-state index in [1.165, 1.54) is 0 Å². The first-order valence-electron chi connectivity index (χ1n) is 8.97. The smallest absolute Gasteiger partial charge is 0.465 e. The van der Waals surface area contributed by atoms with Crippen molar-refractivity contribution in [2.24, 2.45) is 5.41 Å². The molecule has 0 radical (unpaired) electrons. The van der Waals surface area contributed by atoms with Crippen LogP contribution in [-0.4, -0.2) is 49.1 Å². The Bertz CT molecular complexity index is 779. The molecular formula is C18H25BN2O5. The first-order chi connectivity index (χ1) is 12.4. The Balaban J connectivity index is 1.98. The van der Waals surface area contributed by atoms with Crippen LogP contribution in [0.1, 0.15) is 38.1 Å². The molecule has 140 valence electrons. The van der Waals surface area contributed by atoms with Gasteiger partial charge in [0.2, 0.25) is 0 Å². The van der Waals surface area contributed by atoms with Gasteiger partial charge < -0.3 is 18.8 Å². The van der Waals surface area contributed by atoms with Crippen LogP contribution in [-0.2, 0) is 20.5 Å². The molecule has 3 rings (SSSR count). The molecule has 2 aromatic rings. The molecule has 1 aliphatic heterocycles. The lowest BCUT2D eigenvalue weighted by Crippen LogP contribution is -2.43. The Morgan fingerprint density at radius 1 is 1.27 bits per heavy atom. The first-order valence-corrected chi connectivity index (χ1v) is 8.97. The number of hydrogen-bond donors (Lipinski definition) is 0. The first kappa shape index (κ1) is 18.7. The molecule has 0 aliphatic carbocycles. The molecule has 0 amide bonds. The second-order valence-electron chi connectivity index (χ2n) is 7.05. The summed E-state index contributed by atoms with van der Waals surface area (Å²) in [7, 11) is -0.421. The summed E-state index contributed by atoms with van der Waals surface area (Å²) in [5.41, 5.74) is 1.80. The number of ether oxygens (including phenoxy) is 2. The van der Waals surface area contributed by atoms with Gasteiger partial charge in [0, 0.05) is 18.6 Å².